The second-order valence-electron chi connectivity index (χ2n) is 6.28. The van der Waals surface area contributed by atoms with E-state index >= 15 is 0 Å². The Morgan fingerprint density at radius 2 is 1.59 bits per heavy atom. The fourth-order valence-corrected chi connectivity index (χ4v) is 4.01. The molecule has 22 heavy (non-hydrogen) atoms. The van der Waals surface area contributed by atoms with Crippen LogP contribution in [0.1, 0.15) is 44.9 Å². The smallest absolute Gasteiger partial charge is 0.237 e. The molecule has 1 saturated carbocycles. The molecule has 0 N–H and O–H groups in total. The van der Waals surface area contributed by atoms with Crippen LogP contribution in [-0.4, -0.2) is 68.7 Å². The van der Waals surface area contributed by atoms with Crippen molar-refractivity contribution in [2.75, 3.05) is 32.6 Å². The van der Waals surface area contributed by atoms with Gasteiger partial charge in [-0.25, -0.2) is 8.42 Å². The van der Waals surface area contributed by atoms with Gasteiger partial charge in [-0.1, -0.05) is 19.3 Å². The molecule has 1 aliphatic rings. The van der Waals surface area contributed by atoms with Crippen molar-refractivity contribution in [1.29, 1.82) is 0 Å². The summed E-state index contributed by atoms with van der Waals surface area (Å²) in [5, 5.41) is 0. The van der Waals surface area contributed by atoms with Gasteiger partial charge in [-0.3, -0.25) is 9.59 Å². The third-order valence-corrected chi connectivity index (χ3v) is 5.80. The van der Waals surface area contributed by atoms with E-state index in [9.17, 15) is 18.0 Å². The first-order chi connectivity index (χ1) is 10.2. The Kier molecular flexibility index (Phi) is 7.32. The number of hydrogen-bond donors (Lipinski definition) is 0. The molecule has 0 radical (unpaired) electrons. The van der Waals surface area contributed by atoms with Gasteiger partial charge in [-0.2, -0.15) is 0 Å². The Hall–Kier alpha value is -1.11. The van der Waals surface area contributed by atoms with Gasteiger partial charge in [0.1, 0.15) is 5.75 Å². The van der Waals surface area contributed by atoms with E-state index in [0.717, 1.165) is 25.7 Å². The summed E-state index contributed by atoms with van der Waals surface area (Å²) in [5.41, 5.74) is 0. The highest BCUT2D eigenvalue weighted by atomic mass is 32.2. The van der Waals surface area contributed by atoms with Crippen LogP contribution in [0.2, 0.25) is 0 Å². The van der Waals surface area contributed by atoms with Crippen molar-refractivity contribution in [1.82, 2.24) is 9.80 Å². The van der Waals surface area contributed by atoms with Gasteiger partial charge in [0.2, 0.25) is 11.8 Å². The fourth-order valence-electron chi connectivity index (χ4n) is 2.70. The van der Waals surface area contributed by atoms with Crippen LogP contribution in [0.15, 0.2) is 0 Å². The lowest BCUT2D eigenvalue weighted by Gasteiger charge is -2.31. The summed E-state index contributed by atoms with van der Waals surface area (Å²) in [6.07, 6.45) is 5.76. The highest BCUT2D eigenvalue weighted by Gasteiger charge is 2.25. The maximum Gasteiger partial charge on any atom is 0.237 e. The third kappa shape index (κ3) is 6.34. The molecular formula is C15H28N2O4S. The van der Waals surface area contributed by atoms with Crippen molar-refractivity contribution >= 4 is 21.7 Å². The first-order valence-corrected chi connectivity index (χ1v) is 9.71. The van der Waals surface area contributed by atoms with Crippen molar-refractivity contribution in [3.8, 4) is 0 Å². The highest BCUT2D eigenvalue weighted by Crippen LogP contribution is 2.21. The summed E-state index contributed by atoms with van der Waals surface area (Å²) in [4.78, 5) is 26.6. The van der Waals surface area contributed by atoms with Gasteiger partial charge in [0.15, 0.2) is 9.84 Å². The molecule has 1 rings (SSSR count). The summed E-state index contributed by atoms with van der Waals surface area (Å²) in [5.74, 6) is -0.987. The second-order valence-corrected chi connectivity index (χ2v) is 8.46. The van der Waals surface area contributed by atoms with Crippen molar-refractivity contribution < 1.29 is 18.0 Å². The van der Waals surface area contributed by atoms with E-state index in [-0.39, 0.29) is 36.5 Å². The maximum absolute atomic E-state index is 12.1. The number of hydrogen-bond acceptors (Lipinski definition) is 4. The van der Waals surface area contributed by atoms with E-state index in [4.69, 9.17) is 0 Å². The topological polar surface area (TPSA) is 74.8 Å². The minimum Gasteiger partial charge on any atom is -0.349 e. The van der Waals surface area contributed by atoms with E-state index in [1.807, 2.05) is 0 Å². The van der Waals surface area contributed by atoms with Crippen molar-refractivity contribution in [3.63, 3.8) is 0 Å². The summed E-state index contributed by atoms with van der Waals surface area (Å²) >= 11 is 0. The molecule has 0 spiro atoms. The van der Waals surface area contributed by atoms with Crippen LogP contribution in [0.3, 0.4) is 0 Å². The van der Waals surface area contributed by atoms with Crippen molar-refractivity contribution in [2.45, 2.75) is 51.0 Å². The van der Waals surface area contributed by atoms with Crippen LogP contribution in [-0.2, 0) is 19.4 Å². The Balaban J connectivity index is 2.42. The average molecular weight is 332 g/mol. The molecule has 0 bridgehead atoms. The Morgan fingerprint density at radius 1 is 1.00 bits per heavy atom. The standard InChI is InChI=1S/C15H28N2O4S/c1-16(2)14(18)10-7-11-22(20,21)12-15(19)17(3)13-8-5-4-6-9-13/h13H,4-12H2,1-3H3. The van der Waals surface area contributed by atoms with Gasteiger partial charge in [-0.15, -0.1) is 0 Å². The Bertz CT molecular complexity index is 482. The third-order valence-electron chi connectivity index (χ3n) is 4.20. The minimum atomic E-state index is -3.45. The lowest BCUT2D eigenvalue weighted by Crippen LogP contribution is -2.41. The van der Waals surface area contributed by atoms with Gasteiger partial charge < -0.3 is 9.80 Å². The van der Waals surface area contributed by atoms with Crippen LogP contribution in [0.4, 0.5) is 0 Å². The number of rotatable bonds is 7. The molecule has 0 saturated heterocycles. The van der Waals surface area contributed by atoms with Crippen molar-refractivity contribution in [3.05, 3.63) is 0 Å². The van der Waals surface area contributed by atoms with Crippen LogP contribution >= 0.6 is 0 Å². The molecule has 2 amide bonds. The molecule has 0 unspecified atom stereocenters. The lowest BCUT2D eigenvalue weighted by atomic mass is 9.94. The zero-order valence-corrected chi connectivity index (χ0v) is 14.7. The SMILES string of the molecule is CN(C)C(=O)CCCS(=O)(=O)CC(=O)N(C)C1CCCCC1. The zero-order chi connectivity index (χ0) is 16.8. The molecule has 128 valence electrons. The van der Waals surface area contributed by atoms with Crippen LogP contribution in [0, 0.1) is 0 Å². The molecule has 7 heteroatoms. The molecule has 0 heterocycles. The number of amides is 2. The fraction of sp³-hybridized carbons (Fsp3) is 0.867. The largest absolute Gasteiger partial charge is 0.349 e. The Labute approximate surface area is 133 Å². The Morgan fingerprint density at radius 3 is 2.14 bits per heavy atom. The molecule has 1 fully saturated rings. The normalized spacial score (nSPS) is 16.3. The number of nitrogens with zero attached hydrogens (tertiary/aromatic N) is 2. The first-order valence-electron chi connectivity index (χ1n) is 7.89. The summed E-state index contributed by atoms with van der Waals surface area (Å²) < 4.78 is 24.0. The van der Waals surface area contributed by atoms with Crippen LogP contribution < -0.4 is 0 Å². The van der Waals surface area contributed by atoms with Gasteiger partial charge in [0.05, 0.1) is 5.75 Å². The minimum absolute atomic E-state index is 0.0964. The lowest BCUT2D eigenvalue weighted by molar-refractivity contribution is -0.130. The first kappa shape index (κ1) is 18.9. The van der Waals surface area contributed by atoms with E-state index in [1.165, 1.54) is 11.3 Å². The van der Waals surface area contributed by atoms with Gasteiger partial charge in [0.25, 0.3) is 0 Å². The highest BCUT2D eigenvalue weighted by molar-refractivity contribution is 7.92. The molecule has 0 aromatic carbocycles. The molecule has 6 nitrogen and oxygen atoms in total. The summed E-state index contributed by atoms with van der Waals surface area (Å²) in [6, 6.07) is 0.173. The molecular weight excluding hydrogens is 304 g/mol. The van der Waals surface area contributed by atoms with E-state index < -0.39 is 15.6 Å². The monoisotopic (exact) mass is 332 g/mol. The molecule has 1 aliphatic carbocycles. The van der Waals surface area contributed by atoms with Crippen molar-refractivity contribution in [2.24, 2.45) is 0 Å². The molecule has 0 aliphatic heterocycles. The van der Waals surface area contributed by atoms with E-state index in [2.05, 4.69) is 0 Å². The zero-order valence-electron chi connectivity index (χ0n) is 13.9. The predicted molar refractivity (Wildman–Crippen MR) is 86.2 cm³/mol. The second kappa shape index (κ2) is 8.50. The maximum atomic E-state index is 12.1. The van der Waals surface area contributed by atoms with Crippen LogP contribution in [0.25, 0.3) is 0 Å². The number of carbonyl (C=O) groups is 2. The van der Waals surface area contributed by atoms with Gasteiger partial charge in [0, 0.05) is 33.6 Å². The summed E-state index contributed by atoms with van der Waals surface area (Å²) in [6.45, 7) is 0. The van der Waals surface area contributed by atoms with E-state index in [0.29, 0.717) is 0 Å². The quantitative estimate of drug-likeness (QED) is 0.699. The van der Waals surface area contributed by atoms with Gasteiger partial charge in [-0.05, 0) is 19.3 Å². The summed E-state index contributed by atoms with van der Waals surface area (Å²) in [7, 11) is 1.53. The van der Waals surface area contributed by atoms with E-state index in [1.54, 1.807) is 26.0 Å². The predicted octanol–water partition coefficient (Wildman–Crippen LogP) is 1.06. The molecule has 0 atom stereocenters. The number of sulfone groups is 1. The number of carbonyl (C=O) groups excluding carboxylic acids is 2. The molecule has 0 aromatic heterocycles. The van der Waals surface area contributed by atoms with Crippen LogP contribution in [0.5, 0.6) is 0 Å². The van der Waals surface area contributed by atoms with Gasteiger partial charge >= 0.3 is 0 Å². The molecule has 0 aromatic rings. The average Bonchev–Trinajstić information content (AvgIpc) is 2.46.